The van der Waals surface area contributed by atoms with Crippen LogP contribution in [0.4, 0.5) is 14.9 Å². The molecule has 0 saturated carbocycles. The number of aliphatic hydroxyl groups is 1. The second kappa shape index (κ2) is 5.86. The number of carbonyl (C=O) groups excluding carboxylic acids is 1. The molecule has 15 heavy (non-hydrogen) atoms. The minimum atomic E-state index is -0.465. The fourth-order valence-electron chi connectivity index (χ4n) is 0.936. The van der Waals surface area contributed by atoms with Crippen molar-refractivity contribution in [1.82, 2.24) is 5.32 Å². The lowest BCUT2D eigenvalue weighted by molar-refractivity contribution is 0.245. The average Bonchev–Trinajstić information content (AvgIpc) is 2.22. The van der Waals surface area contributed by atoms with Gasteiger partial charge in [-0.2, -0.15) is 0 Å². The Labute approximate surface area is 100 Å². The Morgan fingerprint density at radius 1 is 1.53 bits per heavy atom. The highest BCUT2D eigenvalue weighted by atomic mass is 127. The summed E-state index contributed by atoms with van der Waals surface area (Å²) in [5.74, 6) is -0.379. The van der Waals surface area contributed by atoms with Gasteiger partial charge >= 0.3 is 6.03 Å². The number of benzene rings is 1. The van der Waals surface area contributed by atoms with Gasteiger partial charge in [-0.25, -0.2) is 9.18 Å². The van der Waals surface area contributed by atoms with Crippen molar-refractivity contribution in [3.8, 4) is 0 Å². The summed E-state index contributed by atoms with van der Waals surface area (Å²) in [5.41, 5.74) is 0.408. The minimum absolute atomic E-state index is 0.131. The molecule has 0 bridgehead atoms. The van der Waals surface area contributed by atoms with Crippen LogP contribution in [0.3, 0.4) is 0 Å². The molecule has 0 aliphatic carbocycles. The van der Waals surface area contributed by atoms with Gasteiger partial charge in [-0.05, 0) is 34.7 Å². The van der Waals surface area contributed by atoms with Crippen molar-refractivity contribution >= 4 is 34.3 Å². The van der Waals surface area contributed by atoms with Crippen LogP contribution in [0.2, 0.25) is 0 Å². The van der Waals surface area contributed by atoms with Crippen molar-refractivity contribution in [2.45, 2.75) is 0 Å². The third kappa shape index (κ3) is 3.63. The molecule has 0 heterocycles. The normalized spacial score (nSPS) is 9.80. The van der Waals surface area contributed by atoms with Crippen LogP contribution in [0.5, 0.6) is 0 Å². The number of hydrogen-bond donors (Lipinski definition) is 3. The number of rotatable bonds is 3. The monoisotopic (exact) mass is 324 g/mol. The third-order valence-electron chi connectivity index (χ3n) is 1.60. The molecule has 4 nitrogen and oxygen atoms in total. The van der Waals surface area contributed by atoms with Crippen molar-refractivity contribution in [1.29, 1.82) is 0 Å². The molecule has 82 valence electrons. The smallest absolute Gasteiger partial charge is 0.319 e. The number of aliphatic hydroxyl groups excluding tert-OH is 1. The summed E-state index contributed by atoms with van der Waals surface area (Å²) in [6.45, 7) is 0.0331. The van der Waals surface area contributed by atoms with Crippen LogP contribution in [0, 0.1) is 9.39 Å². The van der Waals surface area contributed by atoms with E-state index in [1.165, 1.54) is 12.1 Å². The first-order chi connectivity index (χ1) is 7.15. The number of anilines is 1. The summed E-state index contributed by atoms with van der Waals surface area (Å²) in [6, 6.07) is 3.97. The standard InChI is InChI=1S/C9H10FIN2O2/c10-6-2-1-3-7(8(6)11)13-9(15)12-4-5-14/h1-3,14H,4-5H2,(H2,12,13,15). The van der Waals surface area contributed by atoms with Crippen LogP contribution < -0.4 is 10.6 Å². The number of amides is 2. The largest absolute Gasteiger partial charge is 0.395 e. The third-order valence-corrected chi connectivity index (χ3v) is 2.69. The first kappa shape index (κ1) is 12.2. The van der Waals surface area contributed by atoms with Gasteiger partial charge < -0.3 is 15.7 Å². The van der Waals surface area contributed by atoms with Crippen LogP contribution in [-0.4, -0.2) is 24.3 Å². The molecule has 6 heteroatoms. The van der Waals surface area contributed by atoms with Crippen LogP contribution >= 0.6 is 22.6 Å². The zero-order chi connectivity index (χ0) is 11.3. The molecule has 1 aromatic rings. The van der Waals surface area contributed by atoms with Crippen molar-refractivity contribution < 1.29 is 14.3 Å². The maximum atomic E-state index is 13.1. The SMILES string of the molecule is O=C(NCCO)Nc1cccc(F)c1I. The molecule has 0 fully saturated rings. The second-order valence-electron chi connectivity index (χ2n) is 2.71. The van der Waals surface area contributed by atoms with Crippen LogP contribution in [-0.2, 0) is 0 Å². The predicted molar refractivity (Wildman–Crippen MR) is 63.2 cm³/mol. The van der Waals surface area contributed by atoms with E-state index in [1.807, 2.05) is 22.6 Å². The van der Waals surface area contributed by atoms with E-state index in [4.69, 9.17) is 5.11 Å². The molecule has 2 amide bonds. The average molecular weight is 324 g/mol. The molecule has 1 rings (SSSR count). The van der Waals surface area contributed by atoms with Gasteiger partial charge in [-0.1, -0.05) is 6.07 Å². The van der Waals surface area contributed by atoms with Gasteiger partial charge in [0, 0.05) is 6.54 Å². The highest BCUT2D eigenvalue weighted by Gasteiger charge is 2.07. The fourth-order valence-corrected chi connectivity index (χ4v) is 1.43. The molecular formula is C9H10FIN2O2. The Morgan fingerprint density at radius 2 is 2.27 bits per heavy atom. The van der Waals surface area contributed by atoms with Gasteiger partial charge in [-0.15, -0.1) is 0 Å². The number of nitrogens with one attached hydrogen (secondary N) is 2. The lowest BCUT2D eigenvalue weighted by Gasteiger charge is -2.08. The van der Waals surface area contributed by atoms with Gasteiger partial charge in [-0.3, -0.25) is 0 Å². The zero-order valence-electron chi connectivity index (χ0n) is 7.76. The van der Waals surface area contributed by atoms with E-state index in [9.17, 15) is 9.18 Å². The first-order valence-electron chi connectivity index (χ1n) is 4.25. The van der Waals surface area contributed by atoms with Gasteiger partial charge in [0.15, 0.2) is 0 Å². The maximum Gasteiger partial charge on any atom is 0.319 e. The molecule has 3 N–H and O–H groups in total. The Morgan fingerprint density at radius 3 is 2.93 bits per heavy atom. The Hall–Kier alpha value is -0.890. The summed E-state index contributed by atoms with van der Waals surface area (Å²) in [6.07, 6.45) is 0. The molecule has 0 unspecified atom stereocenters. The van der Waals surface area contributed by atoms with E-state index in [0.717, 1.165) is 0 Å². The molecule has 0 aliphatic heterocycles. The number of urea groups is 1. The van der Waals surface area contributed by atoms with Crippen LogP contribution in [0.25, 0.3) is 0 Å². The van der Waals surface area contributed by atoms with E-state index in [0.29, 0.717) is 9.26 Å². The van der Waals surface area contributed by atoms with Crippen molar-refractivity contribution in [3.63, 3.8) is 0 Å². The molecule has 1 aromatic carbocycles. The summed E-state index contributed by atoms with van der Waals surface area (Å²) in [5, 5.41) is 13.4. The quantitative estimate of drug-likeness (QED) is 0.739. The van der Waals surface area contributed by atoms with Crippen molar-refractivity contribution in [3.05, 3.63) is 27.6 Å². The molecule has 0 spiro atoms. The first-order valence-corrected chi connectivity index (χ1v) is 5.32. The Kier molecular flexibility index (Phi) is 4.76. The predicted octanol–water partition coefficient (Wildman–Crippen LogP) is 1.54. The van der Waals surface area contributed by atoms with Crippen LogP contribution in [0.15, 0.2) is 18.2 Å². The summed E-state index contributed by atoms with van der Waals surface area (Å²) < 4.78 is 13.4. The molecule has 0 aliphatic rings. The van der Waals surface area contributed by atoms with Gasteiger partial charge in [0.05, 0.1) is 15.9 Å². The highest BCUT2D eigenvalue weighted by molar-refractivity contribution is 14.1. The molecular weight excluding hydrogens is 314 g/mol. The van der Waals surface area contributed by atoms with Gasteiger partial charge in [0.1, 0.15) is 5.82 Å². The minimum Gasteiger partial charge on any atom is -0.395 e. The van der Waals surface area contributed by atoms with Crippen molar-refractivity contribution in [2.75, 3.05) is 18.5 Å². The van der Waals surface area contributed by atoms with E-state index >= 15 is 0 Å². The van der Waals surface area contributed by atoms with E-state index < -0.39 is 6.03 Å². The zero-order valence-corrected chi connectivity index (χ0v) is 9.92. The number of halogens is 2. The summed E-state index contributed by atoms with van der Waals surface area (Å²) >= 11 is 1.81. The summed E-state index contributed by atoms with van der Waals surface area (Å²) in [4.78, 5) is 11.2. The number of carbonyl (C=O) groups is 1. The topological polar surface area (TPSA) is 61.4 Å². The van der Waals surface area contributed by atoms with E-state index in [-0.39, 0.29) is 19.0 Å². The van der Waals surface area contributed by atoms with Crippen LogP contribution in [0.1, 0.15) is 0 Å². The Balaban J connectivity index is 2.64. The lowest BCUT2D eigenvalue weighted by atomic mass is 10.3. The van der Waals surface area contributed by atoms with E-state index in [2.05, 4.69) is 10.6 Å². The molecule has 0 radical (unpaired) electrons. The number of hydrogen-bond acceptors (Lipinski definition) is 2. The maximum absolute atomic E-state index is 13.1. The lowest BCUT2D eigenvalue weighted by Crippen LogP contribution is -2.31. The molecule has 0 aromatic heterocycles. The molecule has 0 saturated heterocycles. The van der Waals surface area contributed by atoms with Gasteiger partial charge in [0.2, 0.25) is 0 Å². The van der Waals surface area contributed by atoms with E-state index in [1.54, 1.807) is 6.07 Å². The second-order valence-corrected chi connectivity index (χ2v) is 3.78. The molecule has 0 atom stereocenters. The fraction of sp³-hybridized carbons (Fsp3) is 0.222. The highest BCUT2D eigenvalue weighted by Crippen LogP contribution is 2.20. The van der Waals surface area contributed by atoms with Crippen molar-refractivity contribution in [2.24, 2.45) is 0 Å². The van der Waals surface area contributed by atoms with Gasteiger partial charge in [0.25, 0.3) is 0 Å². The summed E-state index contributed by atoms with van der Waals surface area (Å²) in [7, 11) is 0. The Bertz CT molecular complexity index is 360.